The SMILES string of the molecule is C=CC(=O)Oc1ccc(C(=Cc2ccc(N(c3ccccc3)c3ccccc3)cc2)c2ccc(OC(=O)C(=C)C)cc2)cc1. The molecule has 5 heteroatoms. The molecule has 0 saturated heterocycles. The highest BCUT2D eigenvalue weighted by Crippen LogP contribution is 2.35. The Hall–Kier alpha value is -5.94. The van der Waals surface area contributed by atoms with E-state index in [0.29, 0.717) is 17.1 Å². The van der Waals surface area contributed by atoms with Gasteiger partial charge in [0.25, 0.3) is 0 Å². The molecule has 0 fully saturated rings. The largest absolute Gasteiger partial charge is 0.423 e. The lowest BCUT2D eigenvalue weighted by molar-refractivity contribution is -0.130. The van der Waals surface area contributed by atoms with E-state index in [1.54, 1.807) is 31.2 Å². The Bertz CT molecular complexity index is 1750. The number of rotatable bonds is 10. The number of hydrogen-bond acceptors (Lipinski definition) is 5. The quantitative estimate of drug-likeness (QED) is 0.0716. The molecule has 0 aliphatic rings. The predicted molar refractivity (Wildman–Crippen MR) is 177 cm³/mol. The van der Waals surface area contributed by atoms with Gasteiger partial charge < -0.3 is 14.4 Å². The van der Waals surface area contributed by atoms with Crippen LogP contribution in [-0.2, 0) is 9.59 Å². The van der Waals surface area contributed by atoms with Gasteiger partial charge >= 0.3 is 11.9 Å². The molecule has 0 N–H and O–H groups in total. The predicted octanol–water partition coefficient (Wildman–Crippen LogP) is 9.32. The maximum atomic E-state index is 12.0. The third-order valence-electron chi connectivity index (χ3n) is 6.77. The van der Waals surface area contributed by atoms with E-state index in [-0.39, 0.29) is 0 Å². The molecule has 0 spiro atoms. The Kier molecular flexibility index (Phi) is 9.28. The zero-order chi connectivity index (χ0) is 30.9. The third kappa shape index (κ3) is 7.27. The molecular formula is C39H31NO4. The van der Waals surface area contributed by atoms with Gasteiger partial charge in [-0.15, -0.1) is 0 Å². The summed E-state index contributed by atoms with van der Waals surface area (Å²) in [6.07, 6.45) is 3.22. The van der Waals surface area contributed by atoms with Crippen LogP contribution in [0.3, 0.4) is 0 Å². The second-order valence-electron chi connectivity index (χ2n) is 10.00. The molecule has 0 amide bonds. The lowest BCUT2D eigenvalue weighted by Gasteiger charge is -2.25. The molecule has 0 unspecified atom stereocenters. The zero-order valence-corrected chi connectivity index (χ0v) is 24.4. The Balaban J connectivity index is 1.51. The highest BCUT2D eigenvalue weighted by Gasteiger charge is 2.13. The molecule has 44 heavy (non-hydrogen) atoms. The van der Waals surface area contributed by atoms with Crippen molar-refractivity contribution in [3.8, 4) is 11.5 Å². The van der Waals surface area contributed by atoms with E-state index in [1.165, 1.54) is 0 Å². The summed E-state index contributed by atoms with van der Waals surface area (Å²) in [7, 11) is 0. The number of carbonyl (C=O) groups excluding carboxylic acids is 2. The van der Waals surface area contributed by atoms with Crippen LogP contribution in [0.1, 0.15) is 23.6 Å². The van der Waals surface area contributed by atoms with Gasteiger partial charge in [0.1, 0.15) is 11.5 Å². The topological polar surface area (TPSA) is 55.8 Å². The molecule has 5 nitrogen and oxygen atoms in total. The molecule has 5 aromatic carbocycles. The van der Waals surface area contributed by atoms with E-state index in [9.17, 15) is 9.59 Å². The maximum absolute atomic E-state index is 12.0. The summed E-state index contributed by atoms with van der Waals surface area (Å²) in [6.45, 7) is 8.70. The number of hydrogen-bond donors (Lipinski definition) is 0. The Morgan fingerprint density at radius 3 is 1.52 bits per heavy atom. The highest BCUT2D eigenvalue weighted by atomic mass is 16.5. The monoisotopic (exact) mass is 577 g/mol. The summed E-state index contributed by atoms with van der Waals surface area (Å²) < 4.78 is 10.7. The van der Waals surface area contributed by atoms with Gasteiger partial charge in [0.15, 0.2) is 0 Å². The fraction of sp³-hybridized carbons (Fsp3) is 0.0256. The van der Waals surface area contributed by atoms with Gasteiger partial charge in [0, 0.05) is 28.7 Å². The van der Waals surface area contributed by atoms with Crippen LogP contribution in [0.5, 0.6) is 11.5 Å². The highest BCUT2D eigenvalue weighted by molar-refractivity contribution is 5.93. The molecule has 5 rings (SSSR count). The van der Waals surface area contributed by atoms with Gasteiger partial charge in [0.2, 0.25) is 0 Å². The van der Waals surface area contributed by atoms with Gasteiger partial charge in [0.05, 0.1) is 0 Å². The third-order valence-corrected chi connectivity index (χ3v) is 6.77. The molecule has 0 aliphatic carbocycles. The van der Waals surface area contributed by atoms with Crippen molar-refractivity contribution in [2.45, 2.75) is 6.92 Å². The molecule has 0 bridgehead atoms. The van der Waals surface area contributed by atoms with Crippen molar-refractivity contribution in [2.75, 3.05) is 4.90 Å². The number of anilines is 3. The molecule has 0 aliphatic heterocycles. The second-order valence-corrected chi connectivity index (χ2v) is 10.00. The lowest BCUT2D eigenvalue weighted by atomic mass is 9.95. The number of ether oxygens (including phenoxy) is 2. The van der Waals surface area contributed by atoms with E-state index in [1.807, 2.05) is 60.7 Å². The van der Waals surface area contributed by atoms with E-state index in [0.717, 1.165) is 45.4 Å². The summed E-state index contributed by atoms with van der Waals surface area (Å²) in [6, 6.07) is 43.5. The summed E-state index contributed by atoms with van der Waals surface area (Å²) in [5, 5.41) is 0. The first-order valence-corrected chi connectivity index (χ1v) is 14.1. The van der Waals surface area contributed by atoms with E-state index in [2.05, 4.69) is 72.7 Å². The zero-order valence-electron chi connectivity index (χ0n) is 24.4. The number of para-hydroxylation sites is 2. The molecule has 0 aromatic heterocycles. The number of esters is 2. The van der Waals surface area contributed by atoms with Crippen molar-refractivity contribution in [3.05, 3.63) is 175 Å². The maximum Gasteiger partial charge on any atom is 0.338 e. The Morgan fingerprint density at radius 2 is 1.07 bits per heavy atom. The summed E-state index contributed by atoms with van der Waals surface area (Å²) in [4.78, 5) is 25.9. The fourth-order valence-corrected chi connectivity index (χ4v) is 4.58. The van der Waals surface area contributed by atoms with Gasteiger partial charge in [-0.05, 0) is 95.9 Å². The fourth-order valence-electron chi connectivity index (χ4n) is 4.58. The molecular weight excluding hydrogens is 546 g/mol. The summed E-state index contributed by atoms with van der Waals surface area (Å²) in [5.74, 6) is -0.141. The summed E-state index contributed by atoms with van der Waals surface area (Å²) in [5.41, 5.74) is 7.22. The van der Waals surface area contributed by atoms with Gasteiger partial charge in [-0.3, -0.25) is 0 Å². The average molecular weight is 578 g/mol. The normalized spacial score (nSPS) is 10.9. The smallest absolute Gasteiger partial charge is 0.338 e. The van der Waals surface area contributed by atoms with Crippen molar-refractivity contribution in [3.63, 3.8) is 0 Å². The number of carbonyl (C=O) groups is 2. The van der Waals surface area contributed by atoms with Gasteiger partial charge in [-0.2, -0.15) is 0 Å². The Morgan fingerprint density at radius 1 is 0.614 bits per heavy atom. The number of benzene rings is 5. The van der Waals surface area contributed by atoms with Crippen LogP contribution < -0.4 is 14.4 Å². The molecule has 0 heterocycles. The van der Waals surface area contributed by atoms with E-state index < -0.39 is 11.9 Å². The van der Waals surface area contributed by atoms with Crippen LogP contribution >= 0.6 is 0 Å². The molecule has 0 radical (unpaired) electrons. The molecule has 0 saturated carbocycles. The van der Waals surface area contributed by atoms with Crippen LogP contribution in [0.4, 0.5) is 17.1 Å². The molecule has 5 aromatic rings. The van der Waals surface area contributed by atoms with Crippen molar-refractivity contribution in [2.24, 2.45) is 0 Å². The van der Waals surface area contributed by atoms with E-state index in [4.69, 9.17) is 9.47 Å². The first kappa shape index (κ1) is 29.5. The van der Waals surface area contributed by atoms with Crippen molar-refractivity contribution < 1.29 is 19.1 Å². The minimum absolute atomic E-state index is 0.327. The van der Waals surface area contributed by atoms with Crippen molar-refractivity contribution >= 4 is 40.6 Å². The van der Waals surface area contributed by atoms with Gasteiger partial charge in [-0.25, -0.2) is 9.59 Å². The summed E-state index contributed by atoms with van der Waals surface area (Å²) >= 11 is 0. The molecule has 216 valence electrons. The van der Waals surface area contributed by atoms with Crippen molar-refractivity contribution in [1.29, 1.82) is 0 Å². The first-order valence-electron chi connectivity index (χ1n) is 14.1. The minimum atomic E-state index is -0.520. The van der Waals surface area contributed by atoms with Crippen LogP contribution in [0.15, 0.2) is 158 Å². The lowest BCUT2D eigenvalue weighted by Crippen LogP contribution is -2.09. The standard InChI is InChI=1S/C39H31NO4/c1-4-38(41)43-35-23-17-30(18-24-35)37(31-19-25-36(26-20-31)44-39(42)28(2)3)27-29-15-21-34(22-16-29)40(32-11-7-5-8-12-32)33-13-9-6-10-14-33/h4-27H,1-2H2,3H3. The van der Waals surface area contributed by atoms with E-state index >= 15 is 0 Å². The average Bonchev–Trinajstić information content (AvgIpc) is 3.06. The van der Waals surface area contributed by atoms with Crippen LogP contribution in [0.2, 0.25) is 0 Å². The second kappa shape index (κ2) is 13.8. The first-order chi connectivity index (χ1) is 21.4. The Labute approximate surface area is 257 Å². The van der Waals surface area contributed by atoms with Crippen molar-refractivity contribution in [1.82, 2.24) is 0 Å². The van der Waals surface area contributed by atoms with Crippen LogP contribution in [0, 0.1) is 0 Å². The van der Waals surface area contributed by atoms with Gasteiger partial charge in [-0.1, -0.05) is 86.0 Å². The molecule has 0 atom stereocenters. The van der Waals surface area contributed by atoms with Crippen LogP contribution in [-0.4, -0.2) is 11.9 Å². The van der Waals surface area contributed by atoms with Crippen LogP contribution in [0.25, 0.3) is 11.6 Å². The number of nitrogens with zero attached hydrogens (tertiary/aromatic N) is 1. The minimum Gasteiger partial charge on any atom is -0.423 e.